The summed E-state index contributed by atoms with van der Waals surface area (Å²) in [5, 5.41) is 6.56. The maximum Gasteiger partial charge on any atom is 0.146 e. The fourth-order valence-corrected chi connectivity index (χ4v) is 1.68. The van der Waals surface area contributed by atoms with Gasteiger partial charge < -0.3 is 10.6 Å². The normalized spacial score (nSPS) is 10.7. The second kappa shape index (κ2) is 8.72. The Balaban J connectivity index is 2.24. The maximum atomic E-state index is 4.46. The van der Waals surface area contributed by atoms with E-state index in [0.717, 1.165) is 37.1 Å². The zero-order chi connectivity index (χ0) is 13.2. The summed E-state index contributed by atoms with van der Waals surface area (Å²) in [6.45, 7) is 8.58. The summed E-state index contributed by atoms with van der Waals surface area (Å²) in [7, 11) is 0. The maximum absolute atomic E-state index is 4.46. The molecule has 1 aromatic rings. The lowest BCUT2D eigenvalue weighted by Crippen LogP contribution is -2.07. The number of nitrogens with zero attached hydrogens (tertiary/aromatic N) is 2. The molecule has 0 radical (unpaired) electrons. The minimum absolute atomic E-state index is 0.798. The highest BCUT2D eigenvalue weighted by molar-refractivity contribution is 5.41. The van der Waals surface area contributed by atoms with E-state index in [1.165, 1.54) is 19.3 Å². The number of rotatable bonds is 9. The lowest BCUT2D eigenvalue weighted by Gasteiger charge is -2.08. The topological polar surface area (TPSA) is 49.8 Å². The van der Waals surface area contributed by atoms with Crippen LogP contribution in [0.1, 0.15) is 46.5 Å². The highest BCUT2D eigenvalue weighted by Gasteiger charge is 1.98. The van der Waals surface area contributed by atoms with Crippen LogP contribution in [0.3, 0.4) is 0 Å². The molecule has 4 heteroatoms. The van der Waals surface area contributed by atoms with Gasteiger partial charge in [-0.05, 0) is 18.8 Å². The van der Waals surface area contributed by atoms with E-state index < -0.39 is 0 Å². The summed E-state index contributed by atoms with van der Waals surface area (Å²) in [5.74, 6) is 2.51. The molecule has 0 aromatic carbocycles. The van der Waals surface area contributed by atoms with Crippen molar-refractivity contribution < 1.29 is 0 Å². The Morgan fingerprint density at radius 1 is 1.06 bits per heavy atom. The molecule has 0 bridgehead atoms. The summed E-state index contributed by atoms with van der Waals surface area (Å²) in [4.78, 5) is 8.64. The van der Waals surface area contributed by atoms with Gasteiger partial charge in [-0.2, -0.15) is 0 Å². The van der Waals surface area contributed by atoms with Crippen LogP contribution >= 0.6 is 0 Å². The first-order valence-corrected chi connectivity index (χ1v) is 7.02. The van der Waals surface area contributed by atoms with Crippen LogP contribution in [0.2, 0.25) is 0 Å². The molecule has 1 rings (SSSR count). The number of unbranched alkanes of at least 4 members (excludes halogenated alkanes) is 1. The lowest BCUT2D eigenvalue weighted by molar-refractivity contribution is 0.544. The third-order valence-corrected chi connectivity index (χ3v) is 2.71. The van der Waals surface area contributed by atoms with Crippen molar-refractivity contribution in [1.29, 1.82) is 0 Å². The summed E-state index contributed by atoms with van der Waals surface area (Å²) in [5.41, 5.74) is 0. The molecular weight excluding hydrogens is 224 g/mol. The number of hydrogen-bond donors (Lipinski definition) is 2. The molecule has 1 aromatic heterocycles. The molecule has 0 atom stereocenters. The number of hydrogen-bond acceptors (Lipinski definition) is 4. The predicted molar refractivity (Wildman–Crippen MR) is 78.0 cm³/mol. The van der Waals surface area contributed by atoms with Crippen molar-refractivity contribution in [3.8, 4) is 0 Å². The smallest absolute Gasteiger partial charge is 0.146 e. The Morgan fingerprint density at radius 3 is 2.33 bits per heavy atom. The van der Waals surface area contributed by atoms with Crippen LogP contribution < -0.4 is 10.6 Å². The van der Waals surface area contributed by atoms with Crippen LogP contribution in [-0.2, 0) is 0 Å². The first kappa shape index (κ1) is 14.7. The Bertz CT molecular complexity index is 325. The second-order valence-corrected chi connectivity index (χ2v) is 5.03. The summed E-state index contributed by atoms with van der Waals surface area (Å²) >= 11 is 0. The van der Waals surface area contributed by atoms with Crippen molar-refractivity contribution in [3.63, 3.8) is 0 Å². The molecule has 0 saturated heterocycles. The zero-order valence-electron chi connectivity index (χ0n) is 11.9. The van der Waals surface area contributed by atoms with Crippen LogP contribution in [-0.4, -0.2) is 23.1 Å². The van der Waals surface area contributed by atoms with E-state index in [2.05, 4.69) is 41.4 Å². The molecule has 18 heavy (non-hydrogen) atoms. The molecule has 0 spiro atoms. The van der Waals surface area contributed by atoms with Gasteiger partial charge in [0.25, 0.3) is 0 Å². The Morgan fingerprint density at radius 2 is 1.72 bits per heavy atom. The monoisotopic (exact) mass is 250 g/mol. The zero-order valence-corrected chi connectivity index (χ0v) is 11.9. The van der Waals surface area contributed by atoms with Crippen LogP contribution in [0.15, 0.2) is 12.4 Å². The molecule has 2 N–H and O–H groups in total. The fourth-order valence-electron chi connectivity index (χ4n) is 1.68. The molecule has 102 valence electrons. The van der Waals surface area contributed by atoms with Gasteiger partial charge in [-0.3, -0.25) is 4.98 Å². The summed E-state index contributed by atoms with van der Waals surface area (Å²) < 4.78 is 0. The molecule has 0 fully saturated rings. The molecule has 0 unspecified atom stereocenters. The Kier molecular flexibility index (Phi) is 7.14. The summed E-state index contributed by atoms with van der Waals surface area (Å²) in [6, 6.07) is 0. The summed E-state index contributed by atoms with van der Waals surface area (Å²) in [6.07, 6.45) is 8.39. The second-order valence-electron chi connectivity index (χ2n) is 5.03. The fraction of sp³-hybridized carbons (Fsp3) is 0.714. The minimum Gasteiger partial charge on any atom is -0.369 e. The third kappa shape index (κ3) is 6.42. The van der Waals surface area contributed by atoms with E-state index in [9.17, 15) is 0 Å². The Hall–Kier alpha value is -1.32. The van der Waals surface area contributed by atoms with Gasteiger partial charge in [0.1, 0.15) is 11.6 Å². The van der Waals surface area contributed by atoms with Gasteiger partial charge in [0.15, 0.2) is 0 Å². The van der Waals surface area contributed by atoms with Gasteiger partial charge in [0.05, 0.1) is 12.4 Å². The van der Waals surface area contributed by atoms with Gasteiger partial charge in [-0.25, -0.2) is 4.98 Å². The van der Waals surface area contributed by atoms with Crippen molar-refractivity contribution >= 4 is 11.6 Å². The van der Waals surface area contributed by atoms with Crippen molar-refractivity contribution in [3.05, 3.63) is 12.4 Å². The molecule has 0 amide bonds. The van der Waals surface area contributed by atoms with Gasteiger partial charge in [0, 0.05) is 13.1 Å². The van der Waals surface area contributed by atoms with E-state index in [1.807, 2.05) is 0 Å². The molecular formula is C14H26N4. The standard InChI is InChI=1S/C14H26N4/c1-4-8-16-13-10-15-11-14(18-13)17-9-6-5-7-12(2)3/h10-12H,4-9H2,1-3H3,(H2,16,17,18). The van der Waals surface area contributed by atoms with E-state index in [-0.39, 0.29) is 0 Å². The van der Waals surface area contributed by atoms with Crippen molar-refractivity contribution in [1.82, 2.24) is 9.97 Å². The highest BCUT2D eigenvalue weighted by Crippen LogP contribution is 2.09. The van der Waals surface area contributed by atoms with Gasteiger partial charge >= 0.3 is 0 Å². The minimum atomic E-state index is 0.798. The van der Waals surface area contributed by atoms with E-state index >= 15 is 0 Å². The molecule has 0 aliphatic rings. The van der Waals surface area contributed by atoms with Crippen molar-refractivity contribution in [2.24, 2.45) is 5.92 Å². The van der Waals surface area contributed by atoms with Gasteiger partial charge in [-0.15, -0.1) is 0 Å². The SMILES string of the molecule is CCCNc1cncc(NCCCCC(C)C)n1. The van der Waals surface area contributed by atoms with Crippen LogP contribution in [0.5, 0.6) is 0 Å². The number of nitrogens with one attached hydrogen (secondary N) is 2. The first-order chi connectivity index (χ1) is 8.72. The number of anilines is 2. The van der Waals surface area contributed by atoms with Gasteiger partial charge in [0.2, 0.25) is 0 Å². The molecule has 4 nitrogen and oxygen atoms in total. The lowest BCUT2D eigenvalue weighted by atomic mass is 10.1. The first-order valence-electron chi connectivity index (χ1n) is 7.02. The quantitative estimate of drug-likeness (QED) is 0.658. The highest BCUT2D eigenvalue weighted by atomic mass is 15.1. The van der Waals surface area contributed by atoms with E-state index in [4.69, 9.17) is 0 Å². The van der Waals surface area contributed by atoms with Crippen LogP contribution in [0.4, 0.5) is 11.6 Å². The van der Waals surface area contributed by atoms with E-state index in [1.54, 1.807) is 12.4 Å². The van der Waals surface area contributed by atoms with Crippen LogP contribution in [0.25, 0.3) is 0 Å². The Labute approximate surface area is 111 Å². The largest absolute Gasteiger partial charge is 0.369 e. The van der Waals surface area contributed by atoms with Gasteiger partial charge in [-0.1, -0.05) is 33.6 Å². The predicted octanol–water partition coefficient (Wildman–Crippen LogP) is 3.54. The third-order valence-electron chi connectivity index (χ3n) is 2.71. The van der Waals surface area contributed by atoms with Crippen LogP contribution in [0, 0.1) is 5.92 Å². The molecule has 0 aliphatic heterocycles. The van der Waals surface area contributed by atoms with Crippen molar-refractivity contribution in [2.75, 3.05) is 23.7 Å². The van der Waals surface area contributed by atoms with E-state index in [0.29, 0.717) is 0 Å². The van der Waals surface area contributed by atoms with Crippen molar-refractivity contribution in [2.45, 2.75) is 46.5 Å². The molecule has 1 heterocycles. The number of aromatic nitrogens is 2. The average Bonchev–Trinajstić information content (AvgIpc) is 2.36. The molecule has 0 aliphatic carbocycles. The average molecular weight is 250 g/mol. The molecule has 0 saturated carbocycles.